The van der Waals surface area contributed by atoms with Gasteiger partial charge in [0.2, 0.25) is 0 Å². The molecule has 114 valence electrons. The molecule has 4 heteroatoms. The number of thiophene rings is 1. The van der Waals surface area contributed by atoms with Gasteiger partial charge in [-0.25, -0.2) is 0 Å². The van der Waals surface area contributed by atoms with Crippen LogP contribution in [-0.4, -0.2) is 48.6 Å². The Labute approximate surface area is 127 Å². The van der Waals surface area contributed by atoms with Crippen molar-refractivity contribution in [2.45, 2.75) is 51.7 Å². The van der Waals surface area contributed by atoms with E-state index in [0.717, 1.165) is 19.5 Å². The van der Waals surface area contributed by atoms with Crippen molar-refractivity contribution < 1.29 is 0 Å². The molecule has 2 rings (SSSR count). The van der Waals surface area contributed by atoms with Crippen molar-refractivity contribution in [3.8, 4) is 0 Å². The molecule has 0 aliphatic carbocycles. The number of nitrogens with zero attached hydrogens (tertiary/aromatic N) is 2. The van der Waals surface area contributed by atoms with Gasteiger partial charge in [0.1, 0.15) is 0 Å². The van der Waals surface area contributed by atoms with Gasteiger partial charge in [0.25, 0.3) is 0 Å². The standard InChI is InChI=1S/C16H29N3S/c1-5-14(17)15(16-12(2)7-10-20-16)19-9-6-8-18(4)11-13(19)3/h7,10,13-15H,5-6,8-9,11,17H2,1-4H3. The molecule has 0 aromatic carbocycles. The molecule has 0 saturated carbocycles. The summed E-state index contributed by atoms with van der Waals surface area (Å²) in [5.41, 5.74) is 7.90. The lowest BCUT2D eigenvalue weighted by Crippen LogP contribution is -2.47. The zero-order valence-electron chi connectivity index (χ0n) is 13.3. The summed E-state index contributed by atoms with van der Waals surface area (Å²) in [6, 6.07) is 3.38. The molecule has 1 aromatic heterocycles. The van der Waals surface area contributed by atoms with Gasteiger partial charge in [-0.05, 0) is 57.3 Å². The number of hydrogen-bond donors (Lipinski definition) is 1. The molecule has 1 aliphatic rings. The topological polar surface area (TPSA) is 32.5 Å². The molecule has 0 radical (unpaired) electrons. The highest BCUT2D eigenvalue weighted by Crippen LogP contribution is 2.34. The summed E-state index contributed by atoms with van der Waals surface area (Å²) in [4.78, 5) is 6.56. The van der Waals surface area contributed by atoms with Crippen LogP contribution < -0.4 is 5.73 Å². The summed E-state index contributed by atoms with van der Waals surface area (Å²) >= 11 is 1.87. The molecule has 1 saturated heterocycles. The Morgan fingerprint density at radius 2 is 2.20 bits per heavy atom. The van der Waals surface area contributed by atoms with Crippen LogP contribution in [0.3, 0.4) is 0 Å². The summed E-state index contributed by atoms with van der Waals surface area (Å²) in [5, 5.41) is 2.20. The third kappa shape index (κ3) is 3.42. The van der Waals surface area contributed by atoms with Gasteiger partial charge in [0.05, 0.1) is 6.04 Å². The van der Waals surface area contributed by atoms with Crippen LogP contribution in [0.15, 0.2) is 11.4 Å². The molecule has 3 atom stereocenters. The highest BCUT2D eigenvalue weighted by molar-refractivity contribution is 7.10. The zero-order valence-corrected chi connectivity index (χ0v) is 14.1. The van der Waals surface area contributed by atoms with Gasteiger partial charge in [0.15, 0.2) is 0 Å². The number of likely N-dealkylation sites (N-methyl/N-ethyl adjacent to an activating group) is 1. The van der Waals surface area contributed by atoms with Crippen LogP contribution in [0.2, 0.25) is 0 Å². The fraction of sp³-hybridized carbons (Fsp3) is 0.750. The molecule has 0 amide bonds. The zero-order chi connectivity index (χ0) is 14.7. The van der Waals surface area contributed by atoms with Crippen molar-refractivity contribution in [1.29, 1.82) is 0 Å². The maximum atomic E-state index is 6.51. The fourth-order valence-corrected chi connectivity index (χ4v) is 4.43. The van der Waals surface area contributed by atoms with E-state index >= 15 is 0 Å². The van der Waals surface area contributed by atoms with E-state index in [1.165, 1.54) is 23.4 Å². The Kier molecular flexibility index (Phi) is 5.61. The Morgan fingerprint density at radius 3 is 2.80 bits per heavy atom. The van der Waals surface area contributed by atoms with Crippen LogP contribution in [0.4, 0.5) is 0 Å². The van der Waals surface area contributed by atoms with E-state index in [1.807, 2.05) is 11.3 Å². The normalized spacial score (nSPS) is 25.4. The Morgan fingerprint density at radius 1 is 1.45 bits per heavy atom. The predicted molar refractivity (Wildman–Crippen MR) is 88.3 cm³/mol. The van der Waals surface area contributed by atoms with Crippen molar-refractivity contribution in [2.75, 3.05) is 26.7 Å². The molecular weight excluding hydrogens is 266 g/mol. The second-order valence-corrected chi connectivity index (χ2v) is 7.14. The van der Waals surface area contributed by atoms with E-state index in [2.05, 4.69) is 49.1 Å². The largest absolute Gasteiger partial charge is 0.326 e. The van der Waals surface area contributed by atoms with E-state index in [0.29, 0.717) is 12.1 Å². The van der Waals surface area contributed by atoms with Crippen LogP contribution in [0, 0.1) is 6.92 Å². The van der Waals surface area contributed by atoms with Crippen molar-refractivity contribution in [3.63, 3.8) is 0 Å². The minimum absolute atomic E-state index is 0.221. The van der Waals surface area contributed by atoms with Gasteiger partial charge in [-0.2, -0.15) is 0 Å². The third-order valence-corrected chi connectivity index (χ3v) is 5.59. The van der Waals surface area contributed by atoms with Crippen LogP contribution in [0.25, 0.3) is 0 Å². The highest BCUT2D eigenvalue weighted by Gasteiger charge is 2.32. The highest BCUT2D eigenvalue weighted by atomic mass is 32.1. The molecule has 2 heterocycles. The molecule has 1 aliphatic heterocycles. The summed E-state index contributed by atoms with van der Waals surface area (Å²) in [7, 11) is 2.23. The first-order valence-electron chi connectivity index (χ1n) is 7.78. The average molecular weight is 295 g/mol. The minimum Gasteiger partial charge on any atom is -0.326 e. The second-order valence-electron chi connectivity index (χ2n) is 6.19. The van der Waals surface area contributed by atoms with Crippen LogP contribution >= 0.6 is 11.3 Å². The van der Waals surface area contributed by atoms with Gasteiger partial charge in [-0.15, -0.1) is 11.3 Å². The van der Waals surface area contributed by atoms with Crippen molar-refractivity contribution in [2.24, 2.45) is 5.73 Å². The lowest BCUT2D eigenvalue weighted by molar-refractivity contribution is 0.123. The maximum Gasteiger partial charge on any atom is 0.0598 e. The molecule has 0 spiro atoms. The quantitative estimate of drug-likeness (QED) is 0.927. The van der Waals surface area contributed by atoms with E-state index in [9.17, 15) is 0 Å². The SMILES string of the molecule is CCC(N)C(c1sccc1C)N1CCCN(C)CC1C. The second kappa shape index (κ2) is 7.03. The monoisotopic (exact) mass is 295 g/mol. The summed E-state index contributed by atoms with van der Waals surface area (Å²) in [5.74, 6) is 0. The number of aryl methyl sites for hydroxylation is 1. The molecule has 0 bridgehead atoms. The lowest BCUT2D eigenvalue weighted by atomic mass is 9.99. The Hall–Kier alpha value is -0.420. The summed E-state index contributed by atoms with van der Waals surface area (Å²) < 4.78 is 0. The van der Waals surface area contributed by atoms with Crippen LogP contribution in [-0.2, 0) is 0 Å². The Bertz CT molecular complexity index is 418. The number of nitrogens with two attached hydrogens (primary N) is 1. The Balaban J connectivity index is 2.28. The first kappa shape index (κ1) is 16.0. The van der Waals surface area contributed by atoms with Gasteiger partial charge >= 0.3 is 0 Å². The lowest BCUT2D eigenvalue weighted by Gasteiger charge is -2.38. The smallest absolute Gasteiger partial charge is 0.0598 e. The third-order valence-electron chi connectivity index (χ3n) is 4.50. The molecule has 1 aromatic rings. The fourth-order valence-electron chi connectivity index (χ4n) is 3.31. The first-order chi connectivity index (χ1) is 9.54. The van der Waals surface area contributed by atoms with E-state index in [1.54, 1.807) is 0 Å². The molecule has 3 unspecified atom stereocenters. The summed E-state index contributed by atoms with van der Waals surface area (Å²) in [6.45, 7) is 10.3. The first-order valence-corrected chi connectivity index (χ1v) is 8.66. The van der Waals surface area contributed by atoms with Crippen molar-refractivity contribution in [1.82, 2.24) is 9.80 Å². The molecular formula is C16H29N3S. The van der Waals surface area contributed by atoms with Crippen molar-refractivity contribution >= 4 is 11.3 Å². The maximum absolute atomic E-state index is 6.51. The van der Waals surface area contributed by atoms with Gasteiger partial charge < -0.3 is 10.6 Å². The molecule has 3 nitrogen and oxygen atoms in total. The molecule has 1 fully saturated rings. The minimum atomic E-state index is 0.221. The van der Waals surface area contributed by atoms with E-state index in [-0.39, 0.29) is 6.04 Å². The van der Waals surface area contributed by atoms with Crippen LogP contribution in [0.5, 0.6) is 0 Å². The average Bonchev–Trinajstić information content (AvgIpc) is 2.75. The molecule has 20 heavy (non-hydrogen) atoms. The van der Waals surface area contributed by atoms with Crippen LogP contribution in [0.1, 0.15) is 43.2 Å². The van der Waals surface area contributed by atoms with E-state index in [4.69, 9.17) is 5.73 Å². The van der Waals surface area contributed by atoms with Gasteiger partial charge in [-0.3, -0.25) is 4.90 Å². The van der Waals surface area contributed by atoms with Crippen molar-refractivity contribution in [3.05, 3.63) is 21.9 Å². The van der Waals surface area contributed by atoms with Gasteiger partial charge in [0, 0.05) is 30.1 Å². The predicted octanol–water partition coefficient (Wildman–Crippen LogP) is 2.86. The van der Waals surface area contributed by atoms with E-state index < -0.39 is 0 Å². The summed E-state index contributed by atoms with van der Waals surface area (Å²) in [6.07, 6.45) is 2.26. The molecule has 2 N–H and O–H groups in total. The number of hydrogen-bond acceptors (Lipinski definition) is 4. The van der Waals surface area contributed by atoms with Gasteiger partial charge in [-0.1, -0.05) is 6.92 Å². The number of rotatable bonds is 4.